The van der Waals surface area contributed by atoms with E-state index >= 15 is 0 Å². The minimum Gasteiger partial charge on any atom is -0.334 e. The molecular weight excluding hydrogens is 200 g/mol. The molecule has 1 fully saturated rings. The summed E-state index contributed by atoms with van der Waals surface area (Å²) in [6, 6.07) is 8.43. The third kappa shape index (κ3) is 1.35. The lowest BCUT2D eigenvalue weighted by molar-refractivity contribution is -0.130. The van der Waals surface area contributed by atoms with Crippen molar-refractivity contribution in [2.45, 2.75) is 31.3 Å². The molecule has 1 aromatic carbocycles. The SMILES string of the molecule is NC1CCN(C2CCc3ccccc32)C1=O. The van der Waals surface area contributed by atoms with Gasteiger partial charge in [0.25, 0.3) is 0 Å². The van der Waals surface area contributed by atoms with Crippen molar-refractivity contribution in [3.8, 4) is 0 Å². The Morgan fingerprint density at radius 1 is 1.25 bits per heavy atom. The van der Waals surface area contributed by atoms with E-state index in [0.29, 0.717) is 0 Å². The van der Waals surface area contributed by atoms with Crippen molar-refractivity contribution in [1.82, 2.24) is 4.90 Å². The molecule has 1 amide bonds. The number of hydrogen-bond acceptors (Lipinski definition) is 2. The van der Waals surface area contributed by atoms with Crippen LogP contribution in [-0.2, 0) is 11.2 Å². The van der Waals surface area contributed by atoms with E-state index in [1.54, 1.807) is 0 Å². The smallest absolute Gasteiger partial charge is 0.240 e. The summed E-state index contributed by atoms with van der Waals surface area (Å²) in [5, 5.41) is 0. The number of amides is 1. The monoisotopic (exact) mass is 216 g/mol. The average molecular weight is 216 g/mol. The van der Waals surface area contributed by atoms with Crippen LogP contribution in [-0.4, -0.2) is 23.4 Å². The Labute approximate surface area is 95.2 Å². The summed E-state index contributed by atoms with van der Waals surface area (Å²) in [6.07, 6.45) is 2.94. The standard InChI is InChI=1S/C13H16N2O/c14-11-7-8-15(13(11)16)12-6-5-9-3-1-2-4-10(9)12/h1-4,11-12H,5-8,14H2. The van der Waals surface area contributed by atoms with E-state index < -0.39 is 0 Å². The molecule has 2 atom stereocenters. The van der Waals surface area contributed by atoms with Gasteiger partial charge in [0.05, 0.1) is 12.1 Å². The van der Waals surface area contributed by atoms with Crippen molar-refractivity contribution in [3.63, 3.8) is 0 Å². The topological polar surface area (TPSA) is 46.3 Å². The minimum absolute atomic E-state index is 0.127. The highest BCUT2D eigenvalue weighted by Crippen LogP contribution is 2.37. The van der Waals surface area contributed by atoms with Gasteiger partial charge in [-0.25, -0.2) is 0 Å². The van der Waals surface area contributed by atoms with E-state index in [2.05, 4.69) is 24.3 Å². The molecule has 3 rings (SSSR count). The van der Waals surface area contributed by atoms with Gasteiger partial charge in [0.1, 0.15) is 0 Å². The van der Waals surface area contributed by atoms with Gasteiger partial charge >= 0.3 is 0 Å². The second-order valence-corrected chi connectivity index (χ2v) is 4.68. The molecule has 1 saturated heterocycles. The summed E-state index contributed by atoms with van der Waals surface area (Å²) in [5.74, 6) is 0.127. The predicted molar refractivity (Wildman–Crippen MR) is 61.8 cm³/mol. The number of nitrogens with zero attached hydrogens (tertiary/aromatic N) is 1. The van der Waals surface area contributed by atoms with Crippen LogP contribution >= 0.6 is 0 Å². The van der Waals surface area contributed by atoms with E-state index in [1.807, 2.05) is 4.90 Å². The summed E-state index contributed by atoms with van der Waals surface area (Å²) < 4.78 is 0. The molecule has 2 unspecified atom stereocenters. The number of hydrogen-bond donors (Lipinski definition) is 1. The minimum atomic E-state index is -0.271. The lowest BCUT2D eigenvalue weighted by Gasteiger charge is -2.24. The van der Waals surface area contributed by atoms with Gasteiger partial charge in [0.15, 0.2) is 0 Å². The van der Waals surface area contributed by atoms with Crippen LogP contribution in [0.15, 0.2) is 24.3 Å². The number of carbonyl (C=O) groups is 1. The van der Waals surface area contributed by atoms with Crippen LogP contribution in [0.3, 0.4) is 0 Å². The molecule has 0 spiro atoms. The normalized spacial score (nSPS) is 28.6. The summed E-state index contributed by atoms with van der Waals surface area (Å²) >= 11 is 0. The molecule has 0 bridgehead atoms. The molecular formula is C13H16N2O. The second kappa shape index (κ2) is 3.59. The molecule has 84 valence electrons. The predicted octanol–water partition coefficient (Wildman–Crippen LogP) is 1.23. The summed E-state index contributed by atoms with van der Waals surface area (Å²) in [7, 11) is 0. The first kappa shape index (κ1) is 9.85. The molecule has 1 aliphatic carbocycles. The fourth-order valence-electron chi connectivity index (χ4n) is 2.89. The van der Waals surface area contributed by atoms with Gasteiger partial charge in [0, 0.05) is 6.54 Å². The molecule has 3 nitrogen and oxygen atoms in total. The van der Waals surface area contributed by atoms with Gasteiger partial charge in [-0.1, -0.05) is 24.3 Å². The maximum absolute atomic E-state index is 11.9. The van der Waals surface area contributed by atoms with Gasteiger partial charge in [-0.3, -0.25) is 4.79 Å². The fourth-order valence-corrected chi connectivity index (χ4v) is 2.89. The van der Waals surface area contributed by atoms with Gasteiger partial charge in [-0.05, 0) is 30.4 Å². The maximum Gasteiger partial charge on any atom is 0.240 e. The number of carbonyl (C=O) groups excluding carboxylic acids is 1. The van der Waals surface area contributed by atoms with Crippen LogP contribution in [0.25, 0.3) is 0 Å². The van der Waals surface area contributed by atoms with Crippen LogP contribution in [0.4, 0.5) is 0 Å². The molecule has 2 aliphatic rings. The van der Waals surface area contributed by atoms with Crippen LogP contribution in [0.2, 0.25) is 0 Å². The lowest BCUT2D eigenvalue weighted by atomic mass is 10.1. The lowest BCUT2D eigenvalue weighted by Crippen LogP contribution is -2.35. The Morgan fingerprint density at radius 2 is 2.06 bits per heavy atom. The Balaban J connectivity index is 1.91. The van der Waals surface area contributed by atoms with E-state index in [4.69, 9.17) is 5.73 Å². The average Bonchev–Trinajstić information content (AvgIpc) is 2.85. The molecule has 0 saturated carbocycles. The van der Waals surface area contributed by atoms with Crippen molar-refractivity contribution in [3.05, 3.63) is 35.4 Å². The summed E-state index contributed by atoms with van der Waals surface area (Å²) in [4.78, 5) is 13.9. The van der Waals surface area contributed by atoms with Crippen LogP contribution in [0.1, 0.15) is 30.0 Å². The molecule has 2 N–H and O–H groups in total. The van der Waals surface area contributed by atoms with Crippen molar-refractivity contribution in [2.75, 3.05) is 6.54 Å². The highest BCUT2D eigenvalue weighted by atomic mass is 16.2. The first-order valence-electron chi connectivity index (χ1n) is 5.91. The molecule has 3 heteroatoms. The molecule has 1 aromatic rings. The first-order chi connectivity index (χ1) is 7.77. The largest absolute Gasteiger partial charge is 0.334 e. The number of benzene rings is 1. The van der Waals surface area contributed by atoms with Gasteiger partial charge in [-0.2, -0.15) is 0 Å². The fraction of sp³-hybridized carbons (Fsp3) is 0.462. The molecule has 1 aliphatic heterocycles. The highest BCUT2D eigenvalue weighted by molar-refractivity contribution is 5.84. The molecule has 1 heterocycles. The second-order valence-electron chi connectivity index (χ2n) is 4.68. The number of likely N-dealkylation sites (tertiary alicyclic amines) is 1. The third-order valence-corrected chi connectivity index (χ3v) is 3.76. The number of fused-ring (bicyclic) bond motifs is 1. The number of rotatable bonds is 1. The molecule has 0 aromatic heterocycles. The summed E-state index contributed by atoms with van der Waals surface area (Å²) in [5.41, 5.74) is 8.48. The van der Waals surface area contributed by atoms with Gasteiger partial charge < -0.3 is 10.6 Å². The van der Waals surface area contributed by atoms with E-state index in [0.717, 1.165) is 25.8 Å². The highest BCUT2D eigenvalue weighted by Gasteiger charge is 2.36. The van der Waals surface area contributed by atoms with Crippen molar-refractivity contribution in [1.29, 1.82) is 0 Å². The third-order valence-electron chi connectivity index (χ3n) is 3.76. The Kier molecular flexibility index (Phi) is 2.21. The van der Waals surface area contributed by atoms with Crippen molar-refractivity contribution in [2.24, 2.45) is 5.73 Å². The van der Waals surface area contributed by atoms with E-state index in [-0.39, 0.29) is 18.0 Å². The number of aryl methyl sites for hydroxylation is 1. The number of nitrogens with two attached hydrogens (primary N) is 1. The Morgan fingerprint density at radius 3 is 2.81 bits per heavy atom. The quantitative estimate of drug-likeness (QED) is 0.767. The van der Waals surface area contributed by atoms with Crippen molar-refractivity contribution >= 4 is 5.91 Å². The van der Waals surface area contributed by atoms with Crippen LogP contribution in [0, 0.1) is 0 Å². The Hall–Kier alpha value is -1.35. The van der Waals surface area contributed by atoms with E-state index in [1.165, 1.54) is 11.1 Å². The maximum atomic E-state index is 11.9. The van der Waals surface area contributed by atoms with Gasteiger partial charge in [-0.15, -0.1) is 0 Å². The molecule has 0 radical (unpaired) electrons. The Bertz CT molecular complexity index is 430. The molecule has 16 heavy (non-hydrogen) atoms. The van der Waals surface area contributed by atoms with Crippen LogP contribution < -0.4 is 5.73 Å². The first-order valence-corrected chi connectivity index (χ1v) is 5.91. The van der Waals surface area contributed by atoms with Crippen molar-refractivity contribution < 1.29 is 4.79 Å². The zero-order valence-electron chi connectivity index (χ0n) is 9.23. The van der Waals surface area contributed by atoms with Crippen LogP contribution in [0.5, 0.6) is 0 Å². The van der Waals surface area contributed by atoms with E-state index in [9.17, 15) is 4.79 Å². The zero-order chi connectivity index (χ0) is 11.1. The van der Waals surface area contributed by atoms with Gasteiger partial charge in [0.2, 0.25) is 5.91 Å². The zero-order valence-corrected chi connectivity index (χ0v) is 9.23. The summed E-state index contributed by atoms with van der Waals surface area (Å²) in [6.45, 7) is 0.818.